The second kappa shape index (κ2) is 5.78. The molecular formula is C14H21ClN2O2. The maximum atomic E-state index is 10.8. The number of anilines is 1. The number of nitro groups is 1. The summed E-state index contributed by atoms with van der Waals surface area (Å²) < 4.78 is 0. The van der Waals surface area contributed by atoms with Crippen molar-refractivity contribution in [2.45, 2.75) is 34.6 Å². The fraction of sp³-hybridized carbons (Fsp3) is 0.571. The molecule has 1 aromatic carbocycles. The number of hydrogen-bond acceptors (Lipinski definition) is 3. The Bertz CT molecular complexity index is 485. The van der Waals surface area contributed by atoms with Gasteiger partial charge >= 0.3 is 0 Å². The predicted octanol–water partition coefficient (Wildman–Crippen LogP) is 4.65. The Morgan fingerprint density at radius 2 is 2.00 bits per heavy atom. The molecular weight excluding hydrogens is 264 g/mol. The molecule has 5 heteroatoms. The van der Waals surface area contributed by atoms with E-state index < -0.39 is 4.92 Å². The molecule has 1 N–H and O–H groups in total. The van der Waals surface area contributed by atoms with E-state index in [9.17, 15) is 10.1 Å². The van der Waals surface area contributed by atoms with Crippen molar-refractivity contribution in [1.29, 1.82) is 0 Å². The molecule has 1 rings (SSSR count). The Morgan fingerprint density at radius 3 is 2.47 bits per heavy atom. The van der Waals surface area contributed by atoms with E-state index in [2.05, 4.69) is 33.0 Å². The molecule has 0 heterocycles. The average molecular weight is 285 g/mol. The summed E-state index contributed by atoms with van der Waals surface area (Å²) in [4.78, 5) is 10.3. The fourth-order valence-electron chi connectivity index (χ4n) is 1.52. The van der Waals surface area contributed by atoms with Gasteiger partial charge in [-0.15, -0.1) is 0 Å². The minimum Gasteiger partial charge on any atom is -0.384 e. The first kappa shape index (κ1) is 15.8. The third-order valence-electron chi connectivity index (χ3n) is 3.79. The summed E-state index contributed by atoms with van der Waals surface area (Å²) in [6.45, 7) is 11.4. The van der Waals surface area contributed by atoms with Gasteiger partial charge in [0.1, 0.15) is 5.02 Å². The first-order chi connectivity index (χ1) is 8.65. The van der Waals surface area contributed by atoms with Crippen molar-refractivity contribution >= 4 is 23.0 Å². The van der Waals surface area contributed by atoms with Gasteiger partial charge in [-0.1, -0.05) is 39.3 Å². The van der Waals surface area contributed by atoms with Gasteiger partial charge in [0.15, 0.2) is 0 Å². The number of nitro benzene ring substituents is 1. The van der Waals surface area contributed by atoms with Gasteiger partial charge in [-0.25, -0.2) is 0 Å². The number of benzene rings is 1. The zero-order valence-electron chi connectivity index (χ0n) is 12.1. The first-order valence-electron chi connectivity index (χ1n) is 6.33. The van der Waals surface area contributed by atoms with Gasteiger partial charge in [-0.3, -0.25) is 10.1 Å². The molecule has 0 fully saturated rings. The third-order valence-corrected chi connectivity index (χ3v) is 4.09. The van der Waals surface area contributed by atoms with E-state index in [1.807, 2.05) is 6.92 Å². The third kappa shape index (κ3) is 3.83. The highest BCUT2D eigenvalue weighted by Crippen LogP contribution is 2.32. The van der Waals surface area contributed by atoms with Crippen molar-refractivity contribution in [3.63, 3.8) is 0 Å². The number of nitrogens with zero attached hydrogens (tertiary/aromatic N) is 1. The van der Waals surface area contributed by atoms with Crippen molar-refractivity contribution < 1.29 is 4.92 Å². The number of halogens is 1. The minimum atomic E-state index is -0.461. The molecule has 0 saturated heterocycles. The highest BCUT2D eigenvalue weighted by Gasteiger charge is 2.23. The molecule has 4 nitrogen and oxygen atoms in total. The van der Waals surface area contributed by atoms with Gasteiger partial charge in [0.25, 0.3) is 5.69 Å². The van der Waals surface area contributed by atoms with E-state index in [0.29, 0.717) is 5.92 Å². The Labute approximate surface area is 119 Å². The smallest absolute Gasteiger partial charge is 0.288 e. The van der Waals surface area contributed by atoms with Crippen molar-refractivity contribution in [3.8, 4) is 0 Å². The zero-order chi connectivity index (χ0) is 14.8. The van der Waals surface area contributed by atoms with Crippen molar-refractivity contribution in [2.75, 3.05) is 11.9 Å². The van der Waals surface area contributed by atoms with Crippen LogP contribution in [0.2, 0.25) is 5.02 Å². The normalized spacial score (nSPS) is 11.7. The predicted molar refractivity (Wildman–Crippen MR) is 80.0 cm³/mol. The van der Waals surface area contributed by atoms with E-state index in [4.69, 9.17) is 11.6 Å². The van der Waals surface area contributed by atoms with Crippen LogP contribution in [0.25, 0.3) is 0 Å². The molecule has 0 unspecified atom stereocenters. The summed E-state index contributed by atoms with van der Waals surface area (Å²) in [5, 5.41) is 14.3. The molecule has 0 bridgehead atoms. The van der Waals surface area contributed by atoms with Crippen molar-refractivity contribution in [1.82, 2.24) is 0 Å². The number of rotatable bonds is 5. The second-order valence-electron chi connectivity index (χ2n) is 5.87. The SMILES string of the molecule is Cc1cc([N+](=O)[O-])c(Cl)cc1NCC(C)(C)C(C)C. The van der Waals surface area contributed by atoms with Crippen LogP contribution in [0.1, 0.15) is 33.3 Å². The number of aryl methyl sites for hydroxylation is 1. The Balaban J connectivity index is 2.92. The maximum Gasteiger partial charge on any atom is 0.288 e. The van der Waals surface area contributed by atoms with Crippen LogP contribution in [0.4, 0.5) is 11.4 Å². The van der Waals surface area contributed by atoms with Crippen molar-refractivity contribution in [3.05, 3.63) is 32.8 Å². The maximum absolute atomic E-state index is 10.8. The fourth-order valence-corrected chi connectivity index (χ4v) is 1.76. The Morgan fingerprint density at radius 1 is 1.42 bits per heavy atom. The molecule has 0 spiro atoms. The summed E-state index contributed by atoms with van der Waals surface area (Å²) in [5.74, 6) is 0.536. The van der Waals surface area contributed by atoms with Crippen LogP contribution in [0.5, 0.6) is 0 Å². The molecule has 0 aliphatic rings. The molecule has 1 aromatic rings. The first-order valence-corrected chi connectivity index (χ1v) is 6.71. The minimum absolute atomic E-state index is 0.0483. The molecule has 19 heavy (non-hydrogen) atoms. The van der Waals surface area contributed by atoms with Crippen LogP contribution in [-0.4, -0.2) is 11.5 Å². The van der Waals surface area contributed by atoms with Crippen LogP contribution >= 0.6 is 11.6 Å². The van der Waals surface area contributed by atoms with E-state index in [0.717, 1.165) is 17.8 Å². The topological polar surface area (TPSA) is 55.2 Å². The van der Waals surface area contributed by atoms with Crippen molar-refractivity contribution in [2.24, 2.45) is 11.3 Å². The average Bonchev–Trinajstić information content (AvgIpc) is 2.29. The lowest BCUT2D eigenvalue weighted by molar-refractivity contribution is -0.384. The van der Waals surface area contributed by atoms with Gasteiger partial charge in [0.05, 0.1) is 4.92 Å². The second-order valence-corrected chi connectivity index (χ2v) is 6.28. The van der Waals surface area contributed by atoms with Crippen LogP contribution in [0.3, 0.4) is 0 Å². The molecule has 0 saturated carbocycles. The monoisotopic (exact) mass is 284 g/mol. The lowest BCUT2D eigenvalue weighted by Crippen LogP contribution is -2.28. The summed E-state index contributed by atoms with van der Waals surface area (Å²) in [6.07, 6.45) is 0. The molecule has 106 valence electrons. The summed E-state index contributed by atoms with van der Waals surface area (Å²) in [6, 6.07) is 3.14. The molecule has 0 atom stereocenters. The van der Waals surface area contributed by atoms with E-state index in [1.54, 1.807) is 6.07 Å². The summed E-state index contributed by atoms with van der Waals surface area (Å²) >= 11 is 5.93. The molecule has 0 aliphatic carbocycles. The molecule has 0 aliphatic heterocycles. The number of nitrogens with one attached hydrogen (secondary N) is 1. The lowest BCUT2D eigenvalue weighted by atomic mass is 9.81. The van der Waals surface area contributed by atoms with Gasteiger partial charge in [-0.2, -0.15) is 0 Å². The summed E-state index contributed by atoms with van der Waals surface area (Å²) in [7, 11) is 0. The van der Waals surface area contributed by atoms with Gasteiger partial charge in [0.2, 0.25) is 0 Å². The largest absolute Gasteiger partial charge is 0.384 e. The van der Waals surface area contributed by atoms with Gasteiger partial charge in [0, 0.05) is 18.3 Å². The zero-order valence-corrected chi connectivity index (χ0v) is 12.8. The van der Waals surface area contributed by atoms with Gasteiger partial charge in [-0.05, 0) is 29.9 Å². The Kier molecular flexibility index (Phi) is 4.80. The van der Waals surface area contributed by atoms with Crippen LogP contribution in [-0.2, 0) is 0 Å². The molecule has 0 radical (unpaired) electrons. The van der Waals surface area contributed by atoms with Crippen LogP contribution in [0.15, 0.2) is 12.1 Å². The van der Waals surface area contributed by atoms with E-state index >= 15 is 0 Å². The number of hydrogen-bond donors (Lipinski definition) is 1. The van der Waals surface area contributed by atoms with Crippen LogP contribution in [0, 0.1) is 28.4 Å². The Hall–Kier alpha value is -1.29. The van der Waals surface area contributed by atoms with E-state index in [-0.39, 0.29) is 16.1 Å². The highest BCUT2D eigenvalue weighted by molar-refractivity contribution is 6.33. The summed E-state index contributed by atoms with van der Waals surface area (Å²) in [5.41, 5.74) is 1.77. The quantitative estimate of drug-likeness (QED) is 0.632. The molecule has 0 amide bonds. The lowest BCUT2D eigenvalue weighted by Gasteiger charge is -2.30. The highest BCUT2D eigenvalue weighted by atomic mass is 35.5. The van der Waals surface area contributed by atoms with Gasteiger partial charge < -0.3 is 5.32 Å². The van der Waals surface area contributed by atoms with E-state index in [1.165, 1.54) is 6.07 Å². The van der Waals surface area contributed by atoms with Crippen LogP contribution < -0.4 is 5.32 Å². The standard InChI is InChI=1S/C14H21ClN2O2/c1-9(2)14(4,5)8-16-12-7-11(15)13(17(18)19)6-10(12)3/h6-7,9,16H,8H2,1-5H3. The molecule has 0 aromatic heterocycles.